The Balaban J connectivity index is 1.40. The normalized spacial score (nSPS) is 15.8. The van der Waals surface area contributed by atoms with Crippen LogP contribution in [-0.4, -0.2) is 52.3 Å². The molecule has 10 heteroatoms. The Kier molecular flexibility index (Phi) is 4.10. The number of pyridine rings is 1. The standard InChI is InChI=1S/C22H18N8O2/c1-29-11-14(10-25-29)20-27-28-21(32-20)22(31)30-9-8-16-18(24-12-23-16)19(30)17-7-6-13-4-2-3-5-15(13)26-17/h2-7,10-12,19H,8-9H2,1H3,(H,23,24)/t19-/m0/s1. The van der Waals surface area contributed by atoms with Crippen molar-refractivity contribution in [2.24, 2.45) is 7.05 Å². The molecule has 5 aromatic rings. The van der Waals surface area contributed by atoms with Crippen LogP contribution in [0.15, 0.2) is 59.5 Å². The summed E-state index contributed by atoms with van der Waals surface area (Å²) in [6.45, 7) is 0.470. The van der Waals surface area contributed by atoms with Gasteiger partial charge in [0, 0.05) is 37.3 Å². The Morgan fingerprint density at radius 1 is 1.19 bits per heavy atom. The third-order valence-corrected chi connectivity index (χ3v) is 5.65. The Morgan fingerprint density at radius 3 is 2.97 bits per heavy atom. The number of fused-ring (bicyclic) bond motifs is 2. The first kappa shape index (κ1) is 18.4. The largest absolute Gasteiger partial charge is 0.412 e. The molecule has 0 fully saturated rings. The van der Waals surface area contributed by atoms with Crippen LogP contribution in [0.25, 0.3) is 22.4 Å². The third kappa shape index (κ3) is 2.96. The number of rotatable bonds is 3. The van der Waals surface area contributed by atoms with E-state index in [0.29, 0.717) is 18.5 Å². The number of para-hydroxylation sites is 1. The SMILES string of the molecule is Cn1cc(-c2nnc(C(=O)N3CCc4[nH]cnc4[C@@H]3c3ccc4ccccc4n3)o2)cn1. The fraction of sp³-hybridized carbons (Fsp3) is 0.182. The number of nitrogens with one attached hydrogen (secondary N) is 1. The maximum Gasteiger partial charge on any atom is 0.312 e. The topological polar surface area (TPSA) is 119 Å². The average Bonchev–Trinajstić information content (AvgIpc) is 3.58. The van der Waals surface area contributed by atoms with Crippen molar-refractivity contribution in [2.75, 3.05) is 6.54 Å². The van der Waals surface area contributed by atoms with Crippen LogP contribution < -0.4 is 0 Å². The number of carbonyl (C=O) groups is 1. The lowest BCUT2D eigenvalue weighted by molar-refractivity contribution is 0.0647. The number of H-pyrrole nitrogens is 1. The van der Waals surface area contributed by atoms with Crippen LogP contribution in [0.3, 0.4) is 0 Å². The number of nitrogens with zero attached hydrogens (tertiary/aromatic N) is 7. The lowest BCUT2D eigenvalue weighted by Gasteiger charge is -2.33. The van der Waals surface area contributed by atoms with Crippen molar-refractivity contribution in [3.63, 3.8) is 0 Å². The van der Waals surface area contributed by atoms with E-state index in [4.69, 9.17) is 9.40 Å². The second kappa shape index (κ2) is 7.12. The van der Waals surface area contributed by atoms with E-state index in [1.54, 1.807) is 35.4 Å². The van der Waals surface area contributed by atoms with Gasteiger partial charge >= 0.3 is 11.8 Å². The molecule has 0 aliphatic carbocycles. The summed E-state index contributed by atoms with van der Waals surface area (Å²) in [6.07, 6.45) is 5.66. The van der Waals surface area contributed by atoms with E-state index in [9.17, 15) is 4.79 Å². The summed E-state index contributed by atoms with van der Waals surface area (Å²) in [6, 6.07) is 11.4. The highest BCUT2D eigenvalue weighted by molar-refractivity contribution is 5.90. The number of hydrogen-bond donors (Lipinski definition) is 1. The van der Waals surface area contributed by atoms with Gasteiger partial charge in [0.15, 0.2) is 0 Å². The van der Waals surface area contributed by atoms with E-state index in [-0.39, 0.29) is 17.7 Å². The number of aryl methyl sites for hydroxylation is 1. The highest BCUT2D eigenvalue weighted by atomic mass is 16.4. The zero-order valence-corrected chi connectivity index (χ0v) is 17.1. The van der Waals surface area contributed by atoms with Crippen LogP contribution >= 0.6 is 0 Å². The molecule has 1 aromatic carbocycles. The summed E-state index contributed by atoms with van der Waals surface area (Å²) in [7, 11) is 1.79. The maximum absolute atomic E-state index is 13.5. The number of imidazole rings is 1. The molecule has 0 saturated carbocycles. The minimum absolute atomic E-state index is 0.0753. The second-order valence-electron chi connectivity index (χ2n) is 7.66. The average molecular weight is 426 g/mol. The van der Waals surface area contributed by atoms with Gasteiger partial charge in [-0.05, 0) is 12.1 Å². The summed E-state index contributed by atoms with van der Waals surface area (Å²) >= 11 is 0. The smallest absolute Gasteiger partial charge is 0.312 e. The summed E-state index contributed by atoms with van der Waals surface area (Å²) in [5.41, 5.74) is 4.02. The van der Waals surface area contributed by atoms with Gasteiger partial charge in [0.05, 0.1) is 35.0 Å². The van der Waals surface area contributed by atoms with Crippen molar-refractivity contribution in [3.8, 4) is 11.5 Å². The first-order valence-corrected chi connectivity index (χ1v) is 10.2. The highest BCUT2D eigenvalue weighted by Crippen LogP contribution is 2.34. The minimum Gasteiger partial charge on any atom is -0.412 e. The van der Waals surface area contributed by atoms with Crippen molar-refractivity contribution in [1.29, 1.82) is 0 Å². The number of hydrogen-bond acceptors (Lipinski definition) is 7. The molecule has 10 nitrogen and oxygen atoms in total. The Morgan fingerprint density at radius 2 is 2.09 bits per heavy atom. The molecule has 0 radical (unpaired) electrons. The van der Waals surface area contributed by atoms with Gasteiger partial charge in [-0.15, -0.1) is 10.2 Å². The monoisotopic (exact) mass is 426 g/mol. The fourth-order valence-corrected chi connectivity index (χ4v) is 4.11. The molecule has 0 saturated heterocycles. The van der Waals surface area contributed by atoms with E-state index in [1.807, 2.05) is 36.4 Å². The van der Waals surface area contributed by atoms with E-state index < -0.39 is 6.04 Å². The molecule has 1 atom stereocenters. The van der Waals surface area contributed by atoms with Gasteiger partial charge in [0.2, 0.25) is 0 Å². The van der Waals surface area contributed by atoms with Gasteiger partial charge < -0.3 is 14.3 Å². The predicted molar refractivity (Wildman–Crippen MR) is 113 cm³/mol. The first-order chi connectivity index (χ1) is 15.7. The molecule has 0 bridgehead atoms. The molecular weight excluding hydrogens is 408 g/mol. The summed E-state index contributed by atoms with van der Waals surface area (Å²) < 4.78 is 7.34. The van der Waals surface area contributed by atoms with Crippen molar-refractivity contribution >= 4 is 16.8 Å². The Bertz CT molecular complexity index is 1450. The molecule has 0 spiro atoms. The predicted octanol–water partition coefficient (Wildman–Crippen LogP) is 2.53. The molecule has 5 heterocycles. The molecule has 1 N–H and O–H groups in total. The van der Waals surface area contributed by atoms with Crippen molar-refractivity contribution in [2.45, 2.75) is 12.5 Å². The van der Waals surface area contributed by atoms with E-state index in [2.05, 4.69) is 25.3 Å². The first-order valence-electron chi connectivity index (χ1n) is 10.2. The van der Waals surface area contributed by atoms with Crippen LogP contribution in [-0.2, 0) is 13.5 Å². The minimum atomic E-state index is -0.462. The molecule has 1 amide bonds. The quantitative estimate of drug-likeness (QED) is 0.471. The van der Waals surface area contributed by atoms with Crippen LogP contribution in [0, 0.1) is 0 Å². The molecule has 0 unspecified atom stereocenters. The van der Waals surface area contributed by atoms with Crippen LogP contribution in [0.1, 0.15) is 33.8 Å². The van der Waals surface area contributed by atoms with Crippen LogP contribution in [0.2, 0.25) is 0 Å². The zero-order valence-electron chi connectivity index (χ0n) is 17.1. The molecule has 1 aliphatic heterocycles. The maximum atomic E-state index is 13.5. The number of carbonyl (C=O) groups excluding carboxylic acids is 1. The molecule has 1 aliphatic rings. The molecular formula is C22H18N8O2. The summed E-state index contributed by atoms with van der Waals surface area (Å²) in [4.78, 5) is 27.7. The van der Waals surface area contributed by atoms with Crippen LogP contribution in [0.4, 0.5) is 0 Å². The van der Waals surface area contributed by atoms with Gasteiger partial charge in [0.1, 0.15) is 6.04 Å². The molecule has 158 valence electrons. The number of benzene rings is 1. The molecule has 6 rings (SSSR count). The zero-order chi connectivity index (χ0) is 21.7. The molecule has 32 heavy (non-hydrogen) atoms. The van der Waals surface area contributed by atoms with Gasteiger partial charge in [0.25, 0.3) is 5.89 Å². The van der Waals surface area contributed by atoms with Crippen LogP contribution in [0.5, 0.6) is 0 Å². The number of amides is 1. The molecule has 4 aromatic heterocycles. The van der Waals surface area contributed by atoms with E-state index in [0.717, 1.165) is 28.0 Å². The van der Waals surface area contributed by atoms with Crippen molar-refractivity contribution in [1.82, 2.24) is 39.8 Å². The second-order valence-corrected chi connectivity index (χ2v) is 7.66. The fourth-order valence-electron chi connectivity index (χ4n) is 4.11. The van der Waals surface area contributed by atoms with Crippen molar-refractivity contribution in [3.05, 3.63) is 78.1 Å². The lowest BCUT2D eigenvalue weighted by Crippen LogP contribution is -2.41. The van der Waals surface area contributed by atoms with Crippen molar-refractivity contribution < 1.29 is 9.21 Å². The van der Waals surface area contributed by atoms with Gasteiger partial charge in [-0.3, -0.25) is 14.5 Å². The third-order valence-electron chi connectivity index (χ3n) is 5.65. The lowest BCUT2D eigenvalue weighted by atomic mass is 9.98. The van der Waals surface area contributed by atoms with Gasteiger partial charge in [-0.25, -0.2) is 4.98 Å². The Labute approximate surface area is 181 Å². The van der Waals surface area contributed by atoms with E-state index in [1.165, 1.54) is 0 Å². The highest BCUT2D eigenvalue weighted by Gasteiger charge is 2.37. The van der Waals surface area contributed by atoms with E-state index >= 15 is 0 Å². The van der Waals surface area contributed by atoms with Gasteiger partial charge in [-0.1, -0.05) is 24.3 Å². The number of aromatic amines is 1. The summed E-state index contributed by atoms with van der Waals surface area (Å²) in [5.74, 6) is -0.186. The summed E-state index contributed by atoms with van der Waals surface area (Å²) in [5, 5.41) is 13.2. The van der Waals surface area contributed by atoms with Gasteiger partial charge in [-0.2, -0.15) is 5.10 Å². The Hall–Kier alpha value is -4.34. The number of aromatic nitrogens is 7.